The van der Waals surface area contributed by atoms with Gasteiger partial charge in [0.1, 0.15) is 10.6 Å². The summed E-state index contributed by atoms with van der Waals surface area (Å²) in [6.07, 6.45) is 0.276. The summed E-state index contributed by atoms with van der Waals surface area (Å²) < 4.78 is 1.55. The van der Waals surface area contributed by atoms with Crippen molar-refractivity contribution in [3.63, 3.8) is 0 Å². The van der Waals surface area contributed by atoms with E-state index in [0.29, 0.717) is 27.1 Å². The summed E-state index contributed by atoms with van der Waals surface area (Å²) in [4.78, 5) is 30.2. The van der Waals surface area contributed by atoms with Gasteiger partial charge in [-0.05, 0) is 31.0 Å². The van der Waals surface area contributed by atoms with Gasteiger partial charge in [0.05, 0.1) is 5.69 Å². The Morgan fingerprint density at radius 2 is 1.87 bits per heavy atom. The second-order valence-corrected chi connectivity index (χ2v) is 8.40. The molecule has 2 aromatic carbocycles. The van der Waals surface area contributed by atoms with E-state index >= 15 is 0 Å². The third-order valence-electron chi connectivity index (χ3n) is 4.78. The number of hydrogen-bond acceptors (Lipinski definition) is 5. The van der Waals surface area contributed by atoms with Gasteiger partial charge in [0.2, 0.25) is 4.96 Å². The molecule has 0 radical (unpaired) electrons. The minimum absolute atomic E-state index is 0.217. The van der Waals surface area contributed by atoms with Crippen LogP contribution in [0, 0.1) is 13.8 Å². The van der Waals surface area contributed by atoms with Gasteiger partial charge in [0, 0.05) is 18.0 Å². The van der Waals surface area contributed by atoms with Crippen molar-refractivity contribution in [1.82, 2.24) is 19.9 Å². The molecule has 0 saturated heterocycles. The van der Waals surface area contributed by atoms with E-state index in [-0.39, 0.29) is 18.0 Å². The van der Waals surface area contributed by atoms with E-state index < -0.39 is 5.56 Å². The van der Waals surface area contributed by atoms with Gasteiger partial charge in [-0.3, -0.25) is 9.59 Å². The number of halogens is 1. The summed E-state index contributed by atoms with van der Waals surface area (Å²) in [5, 5.41) is 7.95. The Balaban J connectivity index is 1.60. The molecule has 152 valence electrons. The van der Waals surface area contributed by atoms with Gasteiger partial charge in [-0.25, -0.2) is 4.52 Å². The molecule has 0 saturated carbocycles. The lowest BCUT2D eigenvalue weighted by molar-refractivity contribution is 0.0954. The number of benzene rings is 2. The minimum atomic E-state index is -0.414. The molecule has 8 heteroatoms. The average Bonchev–Trinajstić information content (AvgIpc) is 3.05. The third kappa shape index (κ3) is 4.13. The minimum Gasteiger partial charge on any atom is -0.347 e. The first-order valence-electron chi connectivity index (χ1n) is 9.39. The van der Waals surface area contributed by atoms with Crippen LogP contribution in [0.3, 0.4) is 0 Å². The van der Waals surface area contributed by atoms with E-state index in [1.807, 2.05) is 49.4 Å². The number of carbonyl (C=O) groups excluding carboxylic acids is 1. The highest BCUT2D eigenvalue weighted by Crippen LogP contribution is 2.21. The largest absolute Gasteiger partial charge is 0.347 e. The van der Waals surface area contributed by atoms with Gasteiger partial charge in [0.25, 0.3) is 11.5 Å². The van der Waals surface area contributed by atoms with E-state index in [2.05, 4.69) is 15.4 Å². The first-order valence-corrected chi connectivity index (χ1v) is 10.6. The zero-order valence-electron chi connectivity index (χ0n) is 16.5. The Kier molecular flexibility index (Phi) is 5.65. The van der Waals surface area contributed by atoms with Crippen molar-refractivity contribution < 1.29 is 4.79 Å². The van der Waals surface area contributed by atoms with Crippen LogP contribution < -0.4 is 10.9 Å². The average molecular weight is 439 g/mol. The fourth-order valence-electron chi connectivity index (χ4n) is 3.06. The molecule has 2 heterocycles. The van der Waals surface area contributed by atoms with Crippen LogP contribution in [0.2, 0.25) is 5.02 Å². The molecule has 2 aromatic heterocycles. The molecule has 0 aliphatic heterocycles. The van der Waals surface area contributed by atoms with Crippen molar-refractivity contribution in [3.05, 3.63) is 96.9 Å². The number of nitrogens with zero attached hydrogens (tertiary/aromatic N) is 3. The predicted molar refractivity (Wildman–Crippen MR) is 118 cm³/mol. The second kappa shape index (κ2) is 8.38. The monoisotopic (exact) mass is 438 g/mol. The number of amides is 1. The molecule has 1 amide bonds. The molecule has 0 spiro atoms. The first-order chi connectivity index (χ1) is 14.4. The van der Waals surface area contributed by atoms with Gasteiger partial charge in [-0.1, -0.05) is 71.0 Å². The topological polar surface area (TPSA) is 76.4 Å². The number of hydrogen-bond donors (Lipinski definition) is 1. The zero-order valence-corrected chi connectivity index (χ0v) is 18.0. The molecule has 0 atom stereocenters. The van der Waals surface area contributed by atoms with Crippen molar-refractivity contribution in [3.8, 4) is 0 Å². The Morgan fingerprint density at radius 1 is 1.13 bits per heavy atom. The maximum atomic E-state index is 12.7. The van der Waals surface area contributed by atoms with Crippen LogP contribution in [0.15, 0.2) is 53.3 Å². The second-order valence-electron chi connectivity index (χ2n) is 7.01. The highest BCUT2D eigenvalue weighted by atomic mass is 35.5. The summed E-state index contributed by atoms with van der Waals surface area (Å²) in [7, 11) is 0. The summed E-state index contributed by atoms with van der Waals surface area (Å²) in [5.41, 5.74) is 3.50. The van der Waals surface area contributed by atoms with E-state index in [9.17, 15) is 9.59 Å². The third-order valence-corrected chi connectivity index (χ3v) is 6.28. The highest BCUT2D eigenvalue weighted by molar-refractivity contribution is 7.19. The Morgan fingerprint density at radius 3 is 2.60 bits per heavy atom. The predicted octanol–water partition coefficient (Wildman–Crippen LogP) is 3.94. The fraction of sp³-hybridized carbons (Fsp3) is 0.182. The number of aromatic nitrogens is 3. The van der Waals surface area contributed by atoms with Crippen molar-refractivity contribution >= 4 is 33.8 Å². The SMILES string of the molecule is Cc1ccc(CNC(=O)c2sc3nc(=O)c(Cc4ccccc4Cl)nn3c2C)cc1. The Labute approximate surface area is 182 Å². The van der Waals surface area contributed by atoms with E-state index in [4.69, 9.17) is 11.6 Å². The Bertz CT molecular complexity index is 1290. The smallest absolute Gasteiger partial charge is 0.296 e. The summed E-state index contributed by atoms with van der Waals surface area (Å²) in [6.45, 7) is 4.23. The standard InChI is InChI=1S/C22H19ClN4O2S/c1-13-7-9-15(10-8-13)12-24-21(29)19-14(2)27-22(30-19)25-20(28)18(26-27)11-16-5-3-4-6-17(16)23/h3-10H,11-12H2,1-2H3,(H,24,29). The lowest BCUT2D eigenvalue weighted by Gasteiger charge is -2.05. The number of thiazole rings is 1. The molecule has 0 aliphatic carbocycles. The maximum absolute atomic E-state index is 12.7. The molecule has 0 aliphatic rings. The molecule has 4 aromatic rings. The number of carbonyl (C=O) groups is 1. The van der Waals surface area contributed by atoms with Crippen LogP contribution in [-0.4, -0.2) is 20.5 Å². The molecule has 0 bridgehead atoms. The van der Waals surface area contributed by atoms with Gasteiger partial charge in [-0.15, -0.1) is 0 Å². The molecule has 30 heavy (non-hydrogen) atoms. The van der Waals surface area contributed by atoms with Crippen molar-refractivity contribution in [1.29, 1.82) is 0 Å². The van der Waals surface area contributed by atoms with E-state index in [1.54, 1.807) is 17.5 Å². The summed E-state index contributed by atoms with van der Waals surface area (Å²) in [6, 6.07) is 15.3. The van der Waals surface area contributed by atoms with Crippen LogP contribution in [0.25, 0.3) is 4.96 Å². The molecular formula is C22H19ClN4O2S. The zero-order chi connectivity index (χ0) is 21.3. The van der Waals surface area contributed by atoms with Gasteiger partial charge in [0.15, 0.2) is 0 Å². The van der Waals surface area contributed by atoms with Crippen molar-refractivity contribution in [2.24, 2.45) is 0 Å². The lowest BCUT2D eigenvalue weighted by Crippen LogP contribution is -2.23. The molecule has 1 N–H and O–H groups in total. The highest BCUT2D eigenvalue weighted by Gasteiger charge is 2.19. The van der Waals surface area contributed by atoms with Crippen LogP contribution >= 0.6 is 22.9 Å². The summed E-state index contributed by atoms with van der Waals surface area (Å²) in [5.74, 6) is -0.217. The summed E-state index contributed by atoms with van der Waals surface area (Å²) >= 11 is 7.36. The van der Waals surface area contributed by atoms with E-state index in [0.717, 1.165) is 22.5 Å². The van der Waals surface area contributed by atoms with Gasteiger partial charge < -0.3 is 5.32 Å². The normalized spacial score (nSPS) is 11.0. The van der Waals surface area contributed by atoms with Crippen molar-refractivity contribution in [2.75, 3.05) is 0 Å². The van der Waals surface area contributed by atoms with E-state index in [1.165, 1.54) is 5.56 Å². The van der Waals surface area contributed by atoms with Crippen LogP contribution in [0.5, 0.6) is 0 Å². The van der Waals surface area contributed by atoms with Crippen molar-refractivity contribution in [2.45, 2.75) is 26.8 Å². The van der Waals surface area contributed by atoms with Crippen LogP contribution in [0.1, 0.15) is 37.7 Å². The van der Waals surface area contributed by atoms with Gasteiger partial charge >= 0.3 is 0 Å². The molecular weight excluding hydrogens is 420 g/mol. The van der Waals surface area contributed by atoms with Crippen LogP contribution in [-0.2, 0) is 13.0 Å². The number of aryl methyl sites for hydroxylation is 2. The Hall–Kier alpha value is -3.03. The molecule has 4 rings (SSSR count). The lowest BCUT2D eigenvalue weighted by atomic mass is 10.1. The van der Waals surface area contributed by atoms with Crippen LogP contribution in [0.4, 0.5) is 0 Å². The molecule has 0 fully saturated rings. The maximum Gasteiger partial charge on any atom is 0.296 e. The fourth-order valence-corrected chi connectivity index (χ4v) is 4.24. The number of fused-ring (bicyclic) bond motifs is 1. The van der Waals surface area contributed by atoms with Gasteiger partial charge in [-0.2, -0.15) is 10.1 Å². The quantitative estimate of drug-likeness (QED) is 0.512. The molecule has 6 nitrogen and oxygen atoms in total. The number of rotatable bonds is 5. The molecule has 0 unspecified atom stereocenters. The number of nitrogens with one attached hydrogen (secondary N) is 1. The first kappa shape index (κ1) is 20.3.